The fraction of sp³-hybridized carbons (Fsp3) is 0.348. The number of rotatable bonds is 3. The number of nitrogens with one attached hydrogen (secondary N) is 1. The summed E-state index contributed by atoms with van der Waals surface area (Å²) in [5.41, 5.74) is 1.66. The third-order valence-electron chi connectivity index (χ3n) is 5.26. The van der Waals surface area contributed by atoms with Crippen molar-refractivity contribution in [2.75, 3.05) is 5.75 Å². The standard InChI is InChI=1S/C23H26N2O2S/c1-4-12-28-21-24-22(2,3)15-23(25-21)14-20(16-8-6-5-7-9-16)27-19-13-17(26)10-11-18(19)23/h4-11,13,20,26H,1,12,14-15H2,2-3H3,(H,24,25)/t20-,23+/m0/s1. The lowest BCUT2D eigenvalue weighted by molar-refractivity contribution is 0.103. The Morgan fingerprint density at radius 1 is 1.29 bits per heavy atom. The third kappa shape index (κ3) is 3.63. The van der Waals surface area contributed by atoms with Gasteiger partial charge in [0.1, 0.15) is 17.6 Å². The smallest absolute Gasteiger partial charge is 0.158 e. The number of thioether (sulfide) groups is 1. The first-order valence-corrected chi connectivity index (χ1v) is 10.6. The minimum atomic E-state index is -0.403. The van der Waals surface area contributed by atoms with Crippen LogP contribution in [0.4, 0.5) is 0 Å². The van der Waals surface area contributed by atoms with Gasteiger partial charge in [-0.05, 0) is 38.0 Å². The lowest BCUT2D eigenvalue weighted by Gasteiger charge is -2.47. The van der Waals surface area contributed by atoms with Crippen molar-refractivity contribution in [2.24, 2.45) is 4.99 Å². The summed E-state index contributed by atoms with van der Waals surface area (Å²) >= 11 is 1.67. The predicted octanol–water partition coefficient (Wildman–Crippen LogP) is 5.16. The highest BCUT2D eigenvalue weighted by Crippen LogP contribution is 2.52. The van der Waals surface area contributed by atoms with Gasteiger partial charge in [0.05, 0.1) is 5.54 Å². The van der Waals surface area contributed by atoms with Crippen LogP contribution in [-0.2, 0) is 5.54 Å². The van der Waals surface area contributed by atoms with E-state index in [1.165, 1.54) is 0 Å². The quantitative estimate of drug-likeness (QED) is 0.706. The van der Waals surface area contributed by atoms with Crippen LogP contribution < -0.4 is 10.1 Å². The van der Waals surface area contributed by atoms with Crippen LogP contribution in [0.1, 0.15) is 43.9 Å². The summed E-state index contributed by atoms with van der Waals surface area (Å²) in [6.07, 6.45) is 3.39. The van der Waals surface area contributed by atoms with Crippen molar-refractivity contribution in [1.29, 1.82) is 0 Å². The molecule has 0 bridgehead atoms. The summed E-state index contributed by atoms with van der Waals surface area (Å²) in [6.45, 7) is 8.26. The fourth-order valence-corrected chi connectivity index (χ4v) is 5.13. The number of amidine groups is 1. The van der Waals surface area contributed by atoms with Crippen LogP contribution in [0.2, 0.25) is 0 Å². The van der Waals surface area contributed by atoms with Crippen molar-refractivity contribution in [3.8, 4) is 11.5 Å². The summed E-state index contributed by atoms with van der Waals surface area (Å²) < 4.78 is 6.34. The molecule has 0 saturated heterocycles. The molecule has 2 atom stereocenters. The molecule has 0 saturated carbocycles. The zero-order valence-corrected chi connectivity index (χ0v) is 17.1. The van der Waals surface area contributed by atoms with E-state index in [9.17, 15) is 5.11 Å². The number of fused-ring (bicyclic) bond motifs is 2. The molecule has 5 heteroatoms. The van der Waals surface area contributed by atoms with Crippen LogP contribution in [0.3, 0.4) is 0 Å². The second-order valence-electron chi connectivity index (χ2n) is 8.14. The monoisotopic (exact) mass is 394 g/mol. The SMILES string of the molecule is C=CCSC1=N[C@]2(C[C@@H](c3ccccc3)Oc3cc(O)ccc32)CC(C)(C)N1. The number of ether oxygens (including phenoxy) is 1. The second-order valence-corrected chi connectivity index (χ2v) is 9.14. The Kier molecular flexibility index (Phi) is 4.88. The summed E-state index contributed by atoms with van der Waals surface area (Å²) in [4.78, 5) is 5.21. The van der Waals surface area contributed by atoms with E-state index in [-0.39, 0.29) is 17.4 Å². The molecule has 2 aliphatic rings. The molecule has 0 unspecified atom stereocenters. The maximum atomic E-state index is 10.1. The molecule has 2 heterocycles. The molecule has 2 aromatic rings. The van der Waals surface area contributed by atoms with Crippen molar-refractivity contribution in [3.63, 3.8) is 0 Å². The molecule has 0 aliphatic carbocycles. The van der Waals surface area contributed by atoms with E-state index >= 15 is 0 Å². The van der Waals surface area contributed by atoms with Crippen molar-refractivity contribution in [3.05, 3.63) is 72.3 Å². The minimum absolute atomic E-state index is 0.112. The molecule has 0 radical (unpaired) electrons. The van der Waals surface area contributed by atoms with E-state index < -0.39 is 5.54 Å². The van der Waals surface area contributed by atoms with Gasteiger partial charge in [0, 0.05) is 29.3 Å². The summed E-state index contributed by atoms with van der Waals surface area (Å²) in [5, 5.41) is 14.6. The van der Waals surface area contributed by atoms with Gasteiger partial charge in [0.25, 0.3) is 0 Å². The summed E-state index contributed by atoms with van der Waals surface area (Å²) in [5.74, 6) is 1.73. The zero-order valence-electron chi connectivity index (χ0n) is 16.3. The Bertz CT molecular complexity index is 910. The molecule has 2 aromatic carbocycles. The molecular weight excluding hydrogens is 368 g/mol. The van der Waals surface area contributed by atoms with E-state index in [2.05, 4.69) is 37.9 Å². The van der Waals surface area contributed by atoms with Crippen LogP contribution in [0.5, 0.6) is 11.5 Å². The van der Waals surface area contributed by atoms with Crippen LogP contribution >= 0.6 is 11.8 Å². The fourth-order valence-electron chi connectivity index (χ4n) is 4.26. The number of nitrogens with zero attached hydrogens (tertiary/aromatic N) is 1. The normalized spacial score (nSPS) is 25.2. The van der Waals surface area contributed by atoms with Gasteiger partial charge in [-0.25, -0.2) is 0 Å². The average Bonchev–Trinajstić information content (AvgIpc) is 2.65. The highest BCUT2D eigenvalue weighted by atomic mass is 32.2. The van der Waals surface area contributed by atoms with Gasteiger partial charge in [0.2, 0.25) is 0 Å². The third-order valence-corrected chi connectivity index (χ3v) is 6.13. The first-order chi connectivity index (χ1) is 13.4. The van der Waals surface area contributed by atoms with Crippen molar-refractivity contribution in [1.82, 2.24) is 5.32 Å². The number of hydrogen-bond donors (Lipinski definition) is 2. The Hall–Kier alpha value is -2.40. The molecule has 4 rings (SSSR count). The number of benzene rings is 2. The predicted molar refractivity (Wildman–Crippen MR) is 116 cm³/mol. The van der Waals surface area contributed by atoms with E-state index in [1.54, 1.807) is 23.9 Å². The van der Waals surface area contributed by atoms with Crippen molar-refractivity contribution in [2.45, 2.75) is 43.9 Å². The Morgan fingerprint density at radius 2 is 2.07 bits per heavy atom. The van der Waals surface area contributed by atoms with Gasteiger partial charge < -0.3 is 15.2 Å². The summed E-state index contributed by atoms with van der Waals surface area (Å²) in [6, 6.07) is 15.7. The highest BCUT2D eigenvalue weighted by Gasteiger charge is 2.48. The first kappa shape index (κ1) is 18.9. The largest absolute Gasteiger partial charge is 0.508 e. The van der Waals surface area contributed by atoms with E-state index in [0.717, 1.165) is 40.6 Å². The number of phenols is 1. The van der Waals surface area contributed by atoms with E-state index in [4.69, 9.17) is 9.73 Å². The van der Waals surface area contributed by atoms with E-state index in [0.29, 0.717) is 0 Å². The maximum absolute atomic E-state index is 10.1. The molecule has 2 N–H and O–H groups in total. The van der Waals surface area contributed by atoms with Gasteiger partial charge in [-0.15, -0.1) is 6.58 Å². The molecule has 2 aliphatic heterocycles. The molecule has 4 nitrogen and oxygen atoms in total. The number of aromatic hydroxyl groups is 1. The molecular formula is C23H26N2O2S. The van der Waals surface area contributed by atoms with Gasteiger partial charge >= 0.3 is 0 Å². The Labute approximate surface area is 170 Å². The Balaban J connectivity index is 1.84. The van der Waals surface area contributed by atoms with Gasteiger partial charge in [-0.1, -0.05) is 48.2 Å². The highest BCUT2D eigenvalue weighted by molar-refractivity contribution is 8.13. The van der Waals surface area contributed by atoms with Crippen LogP contribution in [0.25, 0.3) is 0 Å². The molecule has 146 valence electrons. The maximum Gasteiger partial charge on any atom is 0.158 e. The molecule has 28 heavy (non-hydrogen) atoms. The van der Waals surface area contributed by atoms with Gasteiger partial charge in [-0.2, -0.15) is 0 Å². The second kappa shape index (κ2) is 7.21. The van der Waals surface area contributed by atoms with Crippen molar-refractivity contribution < 1.29 is 9.84 Å². The average molecular weight is 395 g/mol. The molecule has 0 amide bonds. The Morgan fingerprint density at radius 3 is 2.82 bits per heavy atom. The van der Waals surface area contributed by atoms with Gasteiger partial charge in [-0.3, -0.25) is 4.99 Å². The summed E-state index contributed by atoms with van der Waals surface area (Å²) in [7, 11) is 0. The van der Waals surface area contributed by atoms with Gasteiger partial charge in [0.15, 0.2) is 5.17 Å². The van der Waals surface area contributed by atoms with E-state index in [1.807, 2.05) is 30.3 Å². The zero-order chi connectivity index (χ0) is 19.8. The van der Waals surface area contributed by atoms with Crippen LogP contribution in [0, 0.1) is 0 Å². The van der Waals surface area contributed by atoms with Crippen LogP contribution in [0.15, 0.2) is 66.2 Å². The number of aliphatic imine (C=N–C) groups is 1. The molecule has 1 spiro atoms. The number of phenolic OH excluding ortho intramolecular Hbond substituents is 1. The van der Waals surface area contributed by atoms with Crippen LogP contribution in [-0.4, -0.2) is 21.6 Å². The molecule has 0 fully saturated rings. The lowest BCUT2D eigenvalue weighted by Crippen LogP contribution is -2.53. The number of hydrogen-bond acceptors (Lipinski definition) is 5. The van der Waals surface area contributed by atoms with Crippen molar-refractivity contribution >= 4 is 16.9 Å². The molecule has 0 aromatic heterocycles. The lowest BCUT2D eigenvalue weighted by atomic mass is 9.72. The minimum Gasteiger partial charge on any atom is -0.508 e. The topological polar surface area (TPSA) is 53.9 Å². The first-order valence-electron chi connectivity index (χ1n) is 9.58.